The normalized spacial score (nSPS) is 16.9. The molecule has 184 valence electrons. The van der Waals surface area contributed by atoms with Crippen LogP contribution in [0.4, 0.5) is 0 Å². The van der Waals surface area contributed by atoms with E-state index in [0.717, 1.165) is 48.5 Å². The van der Waals surface area contributed by atoms with Crippen molar-refractivity contribution in [2.75, 3.05) is 26.2 Å². The number of carbonyl (C=O) groups excluding carboxylic acids is 1. The van der Waals surface area contributed by atoms with E-state index in [0.29, 0.717) is 17.9 Å². The van der Waals surface area contributed by atoms with Gasteiger partial charge in [0.15, 0.2) is 0 Å². The predicted octanol–water partition coefficient (Wildman–Crippen LogP) is 5.95. The van der Waals surface area contributed by atoms with Crippen molar-refractivity contribution in [2.24, 2.45) is 0 Å². The molecule has 1 aliphatic rings. The Labute approximate surface area is 204 Å². The number of carbonyl (C=O) groups is 1. The van der Waals surface area contributed by atoms with E-state index in [4.69, 9.17) is 9.47 Å². The van der Waals surface area contributed by atoms with Crippen molar-refractivity contribution < 1.29 is 19.4 Å². The molecule has 5 nitrogen and oxygen atoms in total. The van der Waals surface area contributed by atoms with Crippen LogP contribution >= 0.6 is 0 Å². The van der Waals surface area contributed by atoms with Gasteiger partial charge in [0.2, 0.25) is 5.78 Å². The van der Waals surface area contributed by atoms with Crippen molar-refractivity contribution >= 4 is 11.9 Å². The zero-order chi connectivity index (χ0) is 24.6. The number of aliphatic hydroxyl groups is 1. The van der Waals surface area contributed by atoms with E-state index in [1.54, 1.807) is 24.3 Å². The quantitative estimate of drug-likeness (QED) is 0.292. The number of fused-ring (bicyclic) bond motifs is 1. The lowest BCUT2D eigenvalue weighted by molar-refractivity contribution is -0.0640. The van der Waals surface area contributed by atoms with Crippen LogP contribution in [0.5, 0.6) is 11.5 Å². The summed E-state index contributed by atoms with van der Waals surface area (Å²) in [4.78, 5) is 15.7. The fourth-order valence-corrected chi connectivity index (χ4v) is 4.31. The molecule has 1 heterocycles. The van der Waals surface area contributed by atoms with Gasteiger partial charge in [0.05, 0.1) is 6.61 Å². The number of unbranched alkanes of at least 4 members (excludes halogenated alkanes) is 2. The lowest BCUT2D eigenvalue weighted by Crippen LogP contribution is -2.44. The molecule has 0 saturated carbocycles. The topological polar surface area (TPSA) is 59.0 Å². The van der Waals surface area contributed by atoms with Gasteiger partial charge >= 0.3 is 0 Å². The Morgan fingerprint density at radius 1 is 1.00 bits per heavy atom. The maximum atomic E-state index is 13.2. The highest BCUT2D eigenvalue weighted by Gasteiger charge is 2.39. The van der Waals surface area contributed by atoms with Gasteiger partial charge in [-0.05, 0) is 87.7 Å². The number of Topliss-reactive ketones (excluding diaryl/α,β-unsaturated/α-hetero) is 1. The first-order valence-corrected chi connectivity index (χ1v) is 12.6. The monoisotopic (exact) mass is 465 g/mol. The van der Waals surface area contributed by atoms with Gasteiger partial charge in [0, 0.05) is 17.7 Å². The molecule has 5 heteroatoms. The van der Waals surface area contributed by atoms with Gasteiger partial charge in [0.1, 0.15) is 11.5 Å². The smallest absolute Gasteiger partial charge is 0.293 e. The van der Waals surface area contributed by atoms with E-state index in [9.17, 15) is 9.90 Å². The average Bonchev–Trinajstić information content (AvgIpc) is 2.83. The Kier molecular flexibility index (Phi) is 9.31. The molecule has 0 amide bonds. The lowest BCUT2D eigenvalue weighted by Gasteiger charge is -2.28. The van der Waals surface area contributed by atoms with Crippen LogP contribution in [0, 0.1) is 13.8 Å². The van der Waals surface area contributed by atoms with Gasteiger partial charge in [-0.15, -0.1) is 0 Å². The van der Waals surface area contributed by atoms with Gasteiger partial charge in [-0.2, -0.15) is 0 Å². The molecule has 0 aromatic heterocycles. The van der Waals surface area contributed by atoms with E-state index in [1.807, 2.05) is 32.0 Å². The summed E-state index contributed by atoms with van der Waals surface area (Å²) in [5, 5.41) is 10.9. The molecule has 1 aliphatic heterocycles. The van der Waals surface area contributed by atoms with Gasteiger partial charge in [-0.1, -0.05) is 44.9 Å². The van der Waals surface area contributed by atoms with E-state index in [1.165, 1.54) is 31.8 Å². The largest absolute Gasteiger partial charge is 0.493 e. The molecule has 0 fully saturated rings. The molecule has 1 atom stereocenters. The number of hydrogen-bond acceptors (Lipinski definition) is 5. The van der Waals surface area contributed by atoms with Gasteiger partial charge in [-0.25, -0.2) is 0 Å². The number of para-hydroxylation sites is 1. The number of ether oxygens (including phenoxy) is 2. The van der Waals surface area contributed by atoms with Crippen molar-refractivity contribution in [3.63, 3.8) is 0 Å². The molecule has 1 N–H and O–H groups in total. The summed E-state index contributed by atoms with van der Waals surface area (Å²) in [5.41, 5.74) is 2.99. The first-order valence-electron chi connectivity index (χ1n) is 12.6. The second kappa shape index (κ2) is 12.2. The summed E-state index contributed by atoms with van der Waals surface area (Å²) in [6.45, 7) is 12.3. The van der Waals surface area contributed by atoms with Crippen molar-refractivity contribution in [2.45, 2.75) is 65.6 Å². The SMILES string of the molecule is CCCCN(CCCC)CCCOc1c(C)cc(C(=O)[C@]2(O)C=Cc3ccccc3O2)cc1C. The van der Waals surface area contributed by atoms with Crippen LogP contribution in [0.3, 0.4) is 0 Å². The fraction of sp³-hybridized carbons (Fsp3) is 0.483. The Morgan fingerprint density at radius 3 is 2.26 bits per heavy atom. The molecule has 0 unspecified atom stereocenters. The first kappa shape index (κ1) is 26.0. The molecule has 0 radical (unpaired) electrons. The van der Waals surface area contributed by atoms with Crippen LogP contribution in [-0.4, -0.2) is 47.8 Å². The maximum absolute atomic E-state index is 13.2. The third-order valence-electron chi connectivity index (χ3n) is 6.24. The van der Waals surface area contributed by atoms with Crippen molar-refractivity contribution in [3.05, 3.63) is 64.7 Å². The predicted molar refractivity (Wildman–Crippen MR) is 138 cm³/mol. The van der Waals surface area contributed by atoms with E-state index < -0.39 is 11.6 Å². The molecule has 0 bridgehead atoms. The van der Waals surface area contributed by atoms with Crippen molar-refractivity contribution in [1.82, 2.24) is 4.90 Å². The van der Waals surface area contributed by atoms with Gasteiger partial charge in [-0.3, -0.25) is 4.79 Å². The highest BCUT2D eigenvalue weighted by atomic mass is 16.6. The second-order valence-electron chi connectivity index (χ2n) is 9.19. The van der Waals surface area contributed by atoms with Crippen LogP contribution in [0.25, 0.3) is 6.08 Å². The Balaban J connectivity index is 1.62. The number of aryl methyl sites for hydroxylation is 2. The molecular formula is C29H39NO4. The minimum absolute atomic E-state index is 0.402. The summed E-state index contributed by atoms with van der Waals surface area (Å²) >= 11 is 0. The van der Waals surface area contributed by atoms with Crippen LogP contribution in [0.1, 0.15) is 73.0 Å². The summed E-state index contributed by atoms with van der Waals surface area (Å²) in [6, 6.07) is 10.9. The molecule has 3 rings (SSSR count). The minimum atomic E-state index is -2.02. The summed E-state index contributed by atoms with van der Waals surface area (Å²) < 4.78 is 11.8. The third-order valence-corrected chi connectivity index (χ3v) is 6.24. The van der Waals surface area contributed by atoms with Crippen LogP contribution in [-0.2, 0) is 0 Å². The molecule has 2 aromatic rings. The zero-order valence-corrected chi connectivity index (χ0v) is 21.1. The van der Waals surface area contributed by atoms with Crippen LogP contribution in [0.15, 0.2) is 42.5 Å². The molecular weight excluding hydrogens is 426 g/mol. The molecule has 34 heavy (non-hydrogen) atoms. The van der Waals surface area contributed by atoms with Crippen molar-refractivity contribution in [3.8, 4) is 11.5 Å². The lowest BCUT2D eigenvalue weighted by atomic mass is 9.96. The van der Waals surface area contributed by atoms with Gasteiger partial charge in [0.25, 0.3) is 5.79 Å². The van der Waals surface area contributed by atoms with Gasteiger partial charge < -0.3 is 19.5 Å². The zero-order valence-electron chi connectivity index (χ0n) is 21.1. The molecule has 0 aliphatic carbocycles. The summed E-state index contributed by atoms with van der Waals surface area (Å²) in [7, 11) is 0. The van der Waals surface area contributed by atoms with E-state index >= 15 is 0 Å². The highest BCUT2D eigenvalue weighted by Crippen LogP contribution is 2.33. The van der Waals surface area contributed by atoms with Crippen LogP contribution in [0.2, 0.25) is 0 Å². The van der Waals surface area contributed by atoms with Crippen molar-refractivity contribution in [1.29, 1.82) is 0 Å². The number of rotatable bonds is 13. The van der Waals surface area contributed by atoms with Crippen LogP contribution < -0.4 is 9.47 Å². The average molecular weight is 466 g/mol. The van der Waals surface area contributed by atoms with E-state index in [-0.39, 0.29) is 0 Å². The fourth-order valence-electron chi connectivity index (χ4n) is 4.31. The highest BCUT2D eigenvalue weighted by molar-refractivity contribution is 6.04. The third kappa shape index (κ3) is 6.49. The summed E-state index contributed by atoms with van der Waals surface area (Å²) in [5.74, 6) is -1.21. The maximum Gasteiger partial charge on any atom is 0.293 e. The molecule has 0 saturated heterocycles. The first-order chi connectivity index (χ1) is 16.4. The molecule has 0 spiro atoms. The van der Waals surface area contributed by atoms with E-state index in [2.05, 4.69) is 18.7 Å². The minimum Gasteiger partial charge on any atom is -0.493 e. The number of ketones is 1. The number of nitrogens with zero attached hydrogens (tertiary/aromatic N) is 1. The summed E-state index contributed by atoms with van der Waals surface area (Å²) in [6.07, 6.45) is 8.99. The Bertz CT molecular complexity index is 968. The Hall–Kier alpha value is -2.63. The number of hydrogen-bond donors (Lipinski definition) is 1. The second-order valence-corrected chi connectivity index (χ2v) is 9.19. The number of benzene rings is 2. The standard InChI is InChI=1S/C29H39NO4/c1-5-7-16-30(17-8-6-2)18-11-19-33-27-22(3)20-25(21-23(27)4)28(31)29(32)15-14-24-12-9-10-13-26(24)34-29/h9-10,12-15,20-21,32H,5-8,11,16-19H2,1-4H3/t29-/m0/s1. The molecule has 2 aromatic carbocycles. The Morgan fingerprint density at radius 2 is 1.62 bits per heavy atom.